The molecule has 20 heavy (non-hydrogen) atoms. The number of nitrogens with zero attached hydrogens (tertiary/aromatic N) is 2. The monoisotopic (exact) mass is 277 g/mol. The van der Waals surface area contributed by atoms with Gasteiger partial charge >= 0.3 is 0 Å². The highest BCUT2D eigenvalue weighted by Crippen LogP contribution is 2.39. The van der Waals surface area contributed by atoms with Gasteiger partial charge in [0.2, 0.25) is 0 Å². The fraction of sp³-hybridized carbons (Fsp3) is 0.714. The molecule has 6 nitrogen and oxygen atoms in total. The minimum atomic E-state index is 0.304. The second kappa shape index (κ2) is 5.54. The fourth-order valence-electron chi connectivity index (χ4n) is 2.66. The van der Waals surface area contributed by atoms with Crippen molar-refractivity contribution in [2.45, 2.75) is 57.6 Å². The lowest BCUT2D eigenvalue weighted by Gasteiger charge is -2.29. The number of anilines is 2. The average Bonchev–Trinajstić information content (AvgIpc) is 3.25. The first kappa shape index (κ1) is 13.6. The topological polar surface area (TPSA) is 85.1 Å². The molecule has 2 unspecified atom stereocenters. The number of nitrogens with two attached hydrogens (primary N) is 1. The van der Waals surface area contributed by atoms with Crippen LogP contribution in [-0.2, 0) is 4.74 Å². The van der Waals surface area contributed by atoms with Crippen LogP contribution in [0.4, 0.5) is 11.6 Å². The SMILES string of the molecule is Cc1c(NN)nc(C2CC2)nc1NC1CCOC(C)C1. The van der Waals surface area contributed by atoms with Crippen molar-refractivity contribution >= 4 is 11.6 Å². The molecule has 2 aliphatic rings. The molecule has 2 fully saturated rings. The van der Waals surface area contributed by atoms with Gasteiger partial charge in [0.05, 0.1) is 6.10 Å². The Morgan fingerprint density at radius 2 is 1.95 bits per heavy atom. The molecule has 1 aromatic heterocycles. The lowest BCUT2D eigenvalue weighted by Crippen LogP contribution is -2.33. The Labute approximate surface area is 119 Å². The van der Waals surface area contributed by atoms with Crippen LogP contribution < -0.4 is 16.6 Å². The summed E-state index contributed by atoms with van der Waals surface area (Å²) in [6.45, 7) is 4.92. The van der Waals surface area contributed by atoms with Crippen molar-refractivity contribution in [3.8, 4) is 0 Å². The van der Waals surface area contributed by atoms with Crippen LogP contribution in [0.25, 0.3) is 0 Å². The summed E-state index contributed by atoms with van der Waals surface area (Å²) in [5.74, 6) is 8.63. The van der Waals surface area contributed by atoms with Crippen molar-refractivity contribution in [2.24, 2.45) is 5.84 Å². The number of nitrogens with one attached hydrogen (secondary N) is 2. The maximum Gasteiger partial charge on any atom is 0.148 e. The highest BCUT2D eigenvalue weighted by atomic mass is 16.5. The van der Waals surface area contributed by atoms with E-state index in [0.717, 1.165) is 42.5 Å². The van der Waals surface area contributed by atoms with Gasteiger partial charge in [-0.1, -0.05) is 0 Å². The molecule has 0 spiro atoms. The number of rotatable bonds is 4. The fourth-order valence-corrected chi connectivity index (χ4v) is 2.66. The minimum absolute atomic E-state index is 0.304. The molecule has 0 radical (unpaired) electrons. The molecular weight excluding hydrogens is 254 g/mol. The third-order valence-corrected chi connectivity index (χ3v) is 4.07. The zero-order chi connectivity index (χ0) is 14.1. The van der Waals surface area contributed by atoms with E-state index in [4.69, 9.17) is 15.6 Å². The van der Waals surface area contributed by atoms with E-state index in [2.05, 4.69) is 22.7 Å². The molecule has 1 aliphatic carbocycles. The molecular formula is C14H23N5O. The predicted molar refractivity (Wildman–Crippen MR) is 78.6 cm³/mol. The summed E-state index contributed by atoms with van der Waals surface area (Å²) in [7, 11) is 0. The second-order valence-electron chi connectivity index (χ2n) is 5.87. The first-order valence-electron chi connectivity index (χ1n) is 7.40. The number of aromatic nitrogens is 2. The van der Waals surface area contributed by atoms with Crippen molar-refractivity contribution in [3.63, 3.8) is 0 Å². The minimum Gasteiger partial charge on any atom is -0.378 e. The number of nitrogen functional groups attached to an aromatic ring is 1. The molecule has 6 heteroatoms. The summed E-state index contributed by atoms with van der Waals surface area (Å²) < 4.78 is 5.59. The molecule has 1 aromatic rings. The quantitative estimate of drug-likeness (QED) is 0.576. The van der Waals surface area contributed by atoms with E-state index in [1.54, 1.807) is 0 Å². The van der Waals surface area contributed by atoms with Gasteiger partial charge in [-0.2, -0.15) is 0 Å². The molecule has 3 rings (SSSR count). The second-order valence-corrected chi connectivity index (χ2v) is 5.87. The molecule has 1 aliphatic heterocycles. The molecule has 1 saturated carbocycles. The van der Waals surface area contributed by atoms with Crippen LogP contribution in [-0.4, -0.2) is 28.7 Å². The lowest BCUT2D eigenvalue weighted by molar-refractivity contribution is 0.0231. The zero-order valence-corrected chi connectivity index (χ0v) is 12.1. The summed E-state index contributed by atoms with van der Waals surface area (Å²) in [4.78, 5) is 9.21. The molecule has 0 amide bonds. The maximum absolute atomic E-state index is 5.59. The Kier molecular flexibility index (Phi) is 3.76. The van der Waals surface area contributed by atoms with Gasteiger partial charge in [0.1, 0.15) is 17.5 Å². The molecule has 2 atom stereocenters. The van der Waals surface area contributed by atoms with Gasteiger partial charge in [0, 0.05) is 24.1 Å². The van der Waals surface area contributed by atoms with E-state index in [1.807, 2.05) is 6.92 Å². The maximum atomic E-state index is 5.59. The van der Waals surface area contributed by atoms with Crippen LogP contribution in [0.2, 0.25) is 0 Å². The van der Waals surface area contributed by atoms with Crippen molar-refractivity contribution in [2.75, 3.05) is 17.3 Å². The van der Waals surface area contributed by atoms with Gasteiger partial charge in [-0.05, 0) is 39.5 Å². The smallest absolute Gasteiger partial charge is 0.148 e. The molecule has 2 heterocycles. The highest BCUT2D eigenvalue weighted by molar-refractivity contribution is 5.57. The van der Waals surface area contributed by atoms with Crippen LogP contribution in [0.3, 0.4) is 0 Å². The Morgan fingerprint density at radius 1 is 1.20 bits per heavy atom. The Morgan fingerprint density at radius 3 is 2.60 bits per heavy atom. The van der Waals surface area contributed by atoms with Gasteiger partial charge in [-0.25, -0.2) is 15.8 Å². The zero-order valence-electron chi connectivity index (χ0n) is 12.1. The summed E-state index contributed by atoms with van der Waals surface area (Å²) in [5, 5.41) is 3.55. The molecule has 0 bridgehead atoms. The third kappa shape index (κ3) is 2.86. The molecule has 110 valence electrons. The van der Waals surface area contributed by atoms with Crippen LogP contribution >= 0.6 is 0 Å². The Hall–Kier alpha value is -1.40. The van der Waals surface area contributed by atoms with Gasteiger partial charge in [0.15, 0.2) is 0 Å². The molecule has 0 aromatic carbocycles. The van der Waals surface area contributed by atoms with Crippen LogP contribution in [0, 0.1) is 6.92 Å². The van der Waals surface area contributed by atoms with Gasteiger partial charge in [-0.15, -0.1) is 0 Å². The van der Waals surface area contributed by atoms with Crippen molar-refractivity contribution in [1.82, 2.24) is 9.97 Å². The lowest BCUT2D eigenvalue weighted by atomic mass is 10.0. The number of ether oxygens (including phenoxy) is 1. The van der Waals surface area contributed by atoms with Crippen LogP contribution in [0.1, 0.15) is 49.9 Å². The standard InChI is InChI=1S/C14H23N5O/c1-8-7-11(5-6-20-8)16-12-9(2)13(19-15)18-14(17-12)10-3-4-10/h8,10-11H,3-7,15H2,1-2H3,(H2,16,17,18,19). The number of hydrazine groups is 1. The normalized spacial score (nSPS) is 26.4. The van der Waals surface area contributed by atoms with Crippen molar-refractivity contribution in [1.29, 1.82) is 0 Å². The molecule has 4 N–H and O–H groups in total. The number of hydrogen-bond acceptors (Lipinski definition) is 6. The van der Waals surface area contributed by atoms with Gasteiger partial charge < -0.3 is 15.5 Å². The van der Waals surface area contributed by atoms with Gasteiger partial charge in [0.25, 0.3) is 0 Å². The predicted octanol–water partition coefficient (Wildman–Crippen LogP) is 1.93. The van der Waals surface area contributed by atoms with E-state index in [1.165, 1.54) is 12.8 Å². The highest BCUT2D eigenvalue weighted by Gasteiger charge is 2.29. The van der Waals surface area contributed by atoms with E-state index in [9.17, 15) is 0 Å². The Balaban J connectivity index is 1.81. The largest absolute Gasteiger partial charge is 0.378 e. The van der Waals surface area contributed by atoms with E-state index >= 15 is 0 Å². The molecule has 1 saturated heterocycles. The van der Waals surface area contributed by atoms with E-state index in [-0.39, 0.29) is 0 Å². The first-order chi connectivity index (χ1) is 9.67. The summed E-state index contributed by atoms with van der Waals surface area (Å²) in [6, 6.07) is 0.407. The third-order valence-electron chi connectivity index (χ3n) is 4.07. The summed E-state index contributed by atoms with van der Waals surface area (Å²) in [6.07, 6.45) is 4.69. The van der Waals surface area contributed by atoms with E-state index < -0.39 is 0 Å². The van der Waals surface area contributed by atoms with Crippen LogP contribution in [0.15, 0.2) is 0 Å². The summed E-state index contributed by atoms with van der Waals surface area (Å²) in [5.41, 5.74) is 3.67. The van der Waals surface area contributed by atoms with E-state index in [0.29, 0.717) is 18.1 Å². The van der Waals surface area contributed by atoms with Crippen molar-refractivity contribution < 1.29 is 4.74 Å². The van der Waals surface area contributed by atoms with Crippen molar-refractivity contribution in [3.05, 3.63) is 11.4 Å². The Bertz CT molecular complexity index is 489. The first-order valence-corrected chi connectivity index (χ1v) is 7.40. The summed E-state index contributed by atoms with van der Waals surface area (Å²) >= 11 is 0. The average molecular weight is 277 g/mol. The van der Waals surface area contributed by atoms with Gasteiger partial charge in [-0.3, -0.25) is 0 Å². The number of hydrogen-bond donors (Lipinski definition) is 3. The van der Waals surface area contributed by atoms with Crippen LogP contribution in [0.5, 0.6) is 0 Å².